The van der Waals surface area contributed by atoms with Crippen LogP contribution >= 0.6 is 0 Å². The molecule has 2 heteroatoms. The van der Waals surface area contributed by atoms with Gasteiger partial charge in [0.25, 0.3) is 0 Å². The summed E-state index contributed by atoms with van der Waals surface area (Å²) >= 11 is 0. The number of ketones is 1. The Morgan fingerprint density at radius 2 is 1.77 bits per heavy atom. The zero-order valence-corrected chi connectivity index (χ0v) is 32.3. The van der Waals surface area contributed by atoms with Gasteiger partial charge in [-0.2, -0.15) is 0 Å². The van der Waals surface area contributed by atoms with Crippen LogP contribution in [0, 0.1) is 23.7 Å². The van der Waals surface area contributed by atoms with Crippen LogP contribution in [0.4, 0.5) is 0 Å². The SMILES string of the molecule is C=CC1=CC(C)=C(C(C)=O)C(C)=C(C)C1.CC.CCC[C@@H](C)C1CCCC(C(CC2=CN=CCC2C)c2ccc3c(c2)C(C)C=C3)CC1. The van der Waals surface area contributed by atoms with Gasteiger partial charge in [-0.05, 0) is 141 Å². The summed E-state index contributed by atoms with van der Waals surface area (Å²) in [5.74, 6) is 4.61. The van der Waals surface area contributed by atoms with E-state index in [-0.39, 0.29) is 5.78 Å². The van der Waals surface area contributed by atoms with E-state index >= 15 is 0 Å². The van der Waals surface area contributed by atoms with Crippen LogP contribution in [0.25, 0.3) is 6.08 Å². The van der Waals surface area contributed by atoms with Crippen LogP contribution < -0.4 is 0 Å². The number of hydrogen-bond donors (Lipinski definition) is 0. The molecule has 0 bridgehead atoms. The van der Waals surface area contributed by atoms with Crippen molar-refractivity contribution in [3.8, 4) is 0 Å². The molecule has 0 N–H and O–H groups in total. The highest BCUT2D eigenvalue weighted by atomic mass is 16.1. The van der Waals surface area contributed by atoms with Crippen molar-refractivity contribution in [2.24, 2.45) is 28.7 Å². The molecule has 48 heavy (non-hydrogen) atoms. The van der Waals surface area contributed by atoms with Crippen molar-refractivity contribution < 1.29 is 4.79 Å². The number of hydrogen-bond acceptors (Lipinski definition) is 2. The van der Waals surface area contributed by atoms with Gasteiger partial charge in [0.2, 0.25) is 0 Å². The van der Waals surface area contributed by atoms with Gasteiger partial charge < -0.3 is 0 Å². The number of rotatable bonds is 9. The Bertz CT molecular complexity index is 1440. The van der Waals surface area contributed by atoms with E-state index in [0.717, 1.165) is 47.3 Å². The molecule has 2 nitrogen and oxygen atoms in total. The Labute approximate surface area is 295 Å². The first kappa shape index (κ1) is 39.4. The molecule has 3 aliphatic carbocycles. The van der Waals surface area contributed by atoms with Crippen LogP contribution in [-0.2, 0) is 4.79 Å². The molecule has 6 atom stereocenters. The molecule has 1 saturated carbocycles. The highest BCUT2D eigenvalue weighted by molar-refractivity contribution is 5.99. The number of aliphatic imine (C=N–C) groups is 1. The maximum atomic E-state index is 11.6. The summed E-state index contributed by atoms with van der Waals surface area (Å²) in [5.41, 5.74) is 11.6. The Morgan fingerprint density at radius 3 is 2.44 bits per heavy atom. The fourth-order valence-electron chi connectivity index (χ4n) is 8.48. The average Bonchev–Trinajstić information content (AvgIpc) is 3.22. The van der Waals surface area contributed by atoms with Crippen molar-refractivity contribution in [3.05, 3.63) is 99.3 Å². The van der Waals surface area contributed by atoms with Gasteiger partial charge in [-0.15, -0.1) is 0 Å². The molecule has 0 radical (unpaired) electrons. The van der Waals surface area contributed by atoms with E-state index in [9.17, 15) is 4.79 Å². The van der Waals surface area contributed by atoms with Crippen molar-refractivity contribution in [1.82, 2.24) is 0 Å². The molecule has 4 aliphatic rings. The topological polar surface area (TPSA) is 29.4 Å². The lowest BCUT2D eigenvalue weighted by Crippen LogP contribution is -2.17. The first-order valence-electron chi connectivity index (χ1n) is 19.3. The Hall–Kier alpha value is -3.00. The van der Waals surface area contributed by atoms with Gasteiger partial charge in [0, 0.05) is 18.0 Å². The predicted molar refractivity (Wildman–Crippen MR) is 212 cm³/mol. The predicted octanol–water partition coefficient (Wildman–Crippen LogP) is 13.7. The lowest BCUT2D eigenvalue weighted by atomic mass is 9.74. The maximum Gasteiger partial charge on any atom is 0.160 e. The number of fused-ring (bicyclic) bond motifs is 1. The monoisotopic (exact) mass is 650 g/mol. The molecule has 5 rings (SSSR count). The zero-order chi connectivity index (χ0) is 35.4. The molecular weight excluding hydrogens is 583 g/mol. The smallest absolute Gasteiger partial charge is 0.160 e. The third-order valence-corrected chi connectivity index (χ3v) is 11.6. The van der Waals surface area contributed by atoms with Crippen molar-refractivity contribution in [3.63, 3.8) is 0 Å². The Morgan fingerprint density at radius 1 is 1.06 bits per heavy atom. The summed E-state index contributed by atoms with van der Waals surface area (Å²) in [7, 11) is 0. The van der Waals surface area contributed by atoms with Gasteiger partial charge in [-0.3, -0.25) is 9.79 Å². The second-order valence-electron chi connectivity index (χ2n) is 14.9. The van der Waals surface area contributed by atoms with E-state index in [4.69, 9.17) is 0 Å². The van der Waals surface area contributed by atoms with Crippen LogP contribution in [0.15, 0.2) is 87.6 Å². The largest absolute Gasteiger partial charge is 0.294 e. The fraction of sp³-hybridized carbons (Fsp3) is 0.565. The van der Waals surface area contributed by atoms with E-state index in [1.54, 1.807) is 18.1 Å². The quantitative estimate of drug-likeness (QED) is 0.245. The van der Waals surface area contributed by atoms with Crippen molar-refractivity contribution in [2.45, 2.75) is 145 Å². The van der Waals surface area contributed by atoms with Crippen LogP contribution in [-0.4, -0.2) is 12.0 Å². The van der Waals surface area contributed by atoms with Crippen LogP contribution in [0.1, 0.15) is 162 Å². The molecule has 0 aromatic heterocycles. The summed E-state index contributed by atoms with van der Waals surface area (Å²) < 4.78 is 0. The summed E-state index contributed by atoms with van der Waals surface area (Å²) in [6.07, 6.45) is 25.9. The van der Waals surface area contributed by atoms with E-state index in [0.29, 0.717) is 17.8 Å². The highest BCUT2D eigenvalue weighted by Crippen LogP contribution is 2.45. The molecule has 1 aromatic carbocycles. The molecule has 0 amide bonds. The van der Waals surface area contributed by atoms with E-state index in [1.165, 1.54) is 73.6 Å². The number of benzene rings is 1. The Balaban J connectivity index is 0.000000310. The first-order valence-corrected chi connectivity index (χ1v) is 19.3. The van der Waals surface area contributed by atoms with E-state index in [1.807, 2.05) is 33.8 Å². The number of allylic oxidation sites excluding steroid dienone is 9. The van der Waals surface area contributed by atoms with Crippen molar-refractivity contribution in [1.29, 1.82) is 0 Å². The number of Topliss-reactive ketones (excluding diaryl/α,β-unsaturated/α-hetero) is 1. The summed E-state index contributed by atoms with van der Waals surface area (Å²) in [4.78, 5) is 16.1. The third kappa shape index (κ3) is 10.3. The van der Waals surface area contributed by atoms with Gasteiger partial charge in [0.05, 0.1) is 0 Å². The van der Waals surface area contributed by atoms with Crippen LogP contribution in [0.5, 0.6) is 0 Å². The number of carbonyl (C=O) groups excluding carboxylic acids is 1. The normalized spacial score (nSPS) is 24.9. The second kappa shape index (κ2) is 19.3. The van der Waals surface area contributed by atoms with E-state index < -0.39 is 0 Å². The standard InChI is InChI=1S/C30H43N.C14H18O.C2H6/c1-5-7-21(2)24-8-6-9-25(13-12-24)30(19-28-20-31-17-16-22(28)3)27-15-14-26-11-10-23(4)29(26)18-27;1-6-13-7-9(2)11(4)14(12(5)15)10(3)8-13;1-2/h10-11,14-15,17-18,20-25,30H,5-9,12-13,16,19H2,1-4H3;6,8H,1,7H2,2-5H3;1-2H3/t21-,22?,23?,24?,25?,30?;;/m1../s1. The number of carbonyl (C=O) groups is 1. The average molecular weight is 650 g/mol. The van der Waals surface area contributed by atoms with Crippen LogP contribution in [0.3, 0.4) is 0 Å². The molecule has 0 saturated heterocycles. The minimum absolute atomic E-state index is 0.144. The zero-order valence-electron chi connectivity index (χ0n) is 32.3. The number of nitrogens with zero attached hydrogens (tertiary/aromatic N) is 1. The molecule has 0 spiro atoms. The maximum absolute atomic E-state index is 11.6. The minimum atomic E-state index is 0.144. The summed E-state index contributed by atoms with van der Waals surface area (Å²) in [5, 5.41) is 0. The van der Waals surface area contributed by atoms with Gasteiger partial charge in [0.1, 0.15) is 0 Å². The second-order valence-corrected chi connectivity index (χ2v) is 14.9. The molecule has 262 valence electrons. The van der Waals surface area contributed by atoms with Gasteiger partial charge >= 0.3 is 0 Å². The minimum Gasteiger partial charge on any atom is -0.294 e. The molecule has 5 unspecified atom stereocenters. The van der Waals surface area contributed by atoms with Crippen molar-refractivity contribution >= 4 is 18.1 Å². The summed E-state index contributed by atoms with van der Waals surface area (Å²) in [6.45, 7) is 25.1. The molecule has 1 aliphatic heterocycles. The molecular formula is C46H67NO. The van der Waals surface area contributed by atoms with Crippen LogP contribution in [0.2, 0.25) is 0 Å². The van der Waals surface area contributed by atoms with Crippen molar-refractivity contribution in [2.75, 3.05) is 0 Å². The molecule has 1 aromatic rings. The fourth-order valence-corrected chi connectivity index (χ4v) is 8.48. The van der Waals surface area contributed by atoms with E-state index in [2.05, 4.69) is 95.0 Å². The molecule has 1 heterocycles. The third-order valence-electron chi connectivity index (χ3n) is 11.6. The van der Waals surface area contributed by atoms with Gasteiger partial charge in [0.15, 0.2) is 5.78 Å². The van der Waals surface area contributed by atoms with Gasteiger partial charge in [-0.1, -0.05) is 122 Å². The molecule has 1 fully saturated rings. The lowest BCUT2D eigenvalue weighted by Gasteiger charge is -2.31. The highest BCUT2D eigenvalue weighted by Gasteiger charge is 2.31. The van der Waals surface area contributed by atoms with Gasteiger partial charge in [-0.25, -0.2) is 0 Å². The summed E-state index contributed by atoms with van der Waals surface area (Å²) in [6, 6.07) is 7.40. The first-order chi connectivity index (χ1) is 23.0. The lowest BCUT2D eigenvalue weighted by molar-refractivity contribution is -0.113. The Kier molecular flexibility index (Phi) is 15.8.